The molecule has 1 amide bonds. The Morgan fingerprint density at radius 1 is 1.39 bits per heavy atom. The molecule has 0 radical (unpaired) electrons. The summed E-state index contributed by atoms with van der Waals surface area (Å²) in [6.07, 6.45) is 11.3. The fraction of sp³-hybridized carbons (Fsp3) is 0.588. The lowest BCUT2D eigenvalue weighted by atomic mass is 9.85. The monoisotopic (exact) mass is 319 g/mol. The van der Waals surface area contributed by atoms with Crippen molar-refractivity contribution in [1.82, 2.24) is 15.1 Å². The molecule has 1 aromatic rings. The molecule has 6 heteroatoms. The summed E-state index contributed by atoms with van der Waals surface area (Å²) in [6, 6.07) is 0. The fourth-order valence-electron chi connectivity index (χ4n) is 2.97. The molecule has 23 heavy (non-hydrogen) atoms. The first-order chi connectivity index (χ1) is 11.1. The third kappa shape index (κ3) is 4.94. The van der Waals surface area contributed by atoms with E-state index in [4.69, 9.17) is 0 Å². The number of hydrogen-bond donors (Lipinski definition) is 1. The van der Waals surface area contributed by atoms with Crippen molar-refractivity contribution in [3.05, 3.63) is 29.6 Å². The van der Waals surface area contributed by atoms with Crippen LogP contribution < -0.4 is 5.32 Å². The van der Waals surface area contributed by atoms with Gasteiger partial charge in [0.05, 0.1) is 18.4 Å². The fourth-order valence-corrected chi connectivity index (χ4v) is 2.97. The summed E-state index contributed by atoms with van der Waals surface area (Å²) >= 11 is 0. The molecular formula is C17H25N3O3. The standard InChI is InChI=1S/C17H25N3O3/c1-20-12-14(16(19-20)13-8-4-3-5-9-13)17(22)18-11-7-6-10-15(21)23-2/h6,10,12-13H,3-5,7-9,11H2,1-2H3,(H,18,22)/b10-6+. The lowest BCUT2D eigenvalue weighted by Crippen LogP contribution is -2.25. The highest BCUT2D eigenvalue weighted by atomic mass is 16.5. The lowest BCUT2D eigenvalue weighted by molar-refractivity contribution is -0.134. The molecule has 0 atom stereocenters. The maximum Gasteiger partial charge on any atom is 0.330 e. The number of nitrogens with zero attached hydrogens (tertiary/aromatic N) is 2. The molecule has 1 heterocycles. The second-order valence-corrected chi connectivity index (χ2v) is 5.91. The Morgan fingerprint density at radius 2 is 2.13 bits per heavy atom. The van der Waals surface area contributed by atoms with Gasteiger partial charge in [0.25, 0.3) is 5.91 Å². The Morgan fingerprint density at radius 3 is 2.83 bits per heavy atom. The number of aromatic nitrogens is 2. The van der Waals surface area contributed by atoms with Crippen molar-refractivity contribution >= 4 is 11.9 Å². The minimum Gasteiger partial charge on any atom is -0.466 e. The van der Waals surface area contributed by atoms with E-state index in [1.165, 1.54) is 32.4 Å². The molecule has 126 valence electrons. The SMILES string of the molecule is COC(=O)/C=C/CCNC(=O)c1cn(C)nc1C1CCCCC1. The van der Waals surface area contributed by atoms with E-state index < -0.39 is 0 Å². The third-order valence-corrected chi connectivity index (χ3v) is 4.15. The van der Waals surface area contributed by atoms with Crippen LogP contribution in [0.25, 0.3) is 0 Å². The number of amides is 1. The van der Waals surface area contributed by atoms with E-state index in [1.54, 1.807) is 17.0 Å². The maximum atomic E-state index is 12.4. The van der Waals surface area contributed by atoms with Crippen LogP contribution in [0.2, 0.25) is 0 Å². The zero-order chi connectivity index (χ0) is 16.7. The van der Waals surface area contributed by atoms with Crippen LogP contribution in [0.1, 0.15) is 60.5 Å². The number of esters is 1. The van der Waals surface area contributed by atoms with Gasteiger partial charge in [0.15, 0.2) is 0 Å². The van der Waals surface area contributed by atoms with Crippen LogP contribution in [0, 0.1) is 0 Å². The van der Waals surface area contributed by atoms with E-state index in [9.17, 15) is 9.59 Å². The number of hydrogen-bond acceptors (Lipinski definition) is 4. The van der Waals surface area contributed by atoms with Crippen LogP contribution >= 0.6 is 0 Å². The molecule has 0 unspecified atom stereocenters. The van der Waals surface area contributed by atoms with Crippen molar-refractivity contribution in [2.75, 3.05) is 13.7 Å². The molecule has 1 aromatic heterocycles. The van der Waals surface area contributed by atoms with Gasteiger partial charge in [0.2, 0.25) is 0 Å². The zero-order valence-electron chi connectivity index (χ0n) is 13.9. The molecular weight excluding hydrogens is 294 g/mol. The Balaban J connectivity index is 1.91. The molecule has 0 aromatic carbocycles. The van der Waals surface area contributed by atoms with E-state index in [2.05, 4.69) is 15.2 Å². The smallest absolute Gasteiger partial charge is 0.330 e. The first-order valence-corrected chi connectivity index (χ1v) is 8.18. The number of ether oxygens (including phenoxy) is 1. The van der Waals surface area contributed by atoms with Crippen LogP contribution in [-0.2, 0) is 16.6 Å². The van der Waals surface area contributed by atoms with Crippen LogP contribution in [0.15, 0.2) is 18.3 Å². The quantitative estimate of drug-likeness (QED) is 0.496. The molecule has 6 nitrogen and oxygen atoms in total. The largest absolute Gasteiger partial charge is 0.466 e. The number of carbonyl (C=O) groups excluding carboxylic acids is 2. The van der Waals surface area contributed by atoms with Gasteiger partial charge in [-0.2, -0.15) is 5.10 Å². The Hall–Kier alpha value is -2.11. The molecule has 0 saturated heterocycles. The minimum atomic E-state index is -0.386. The summed E-state index contributed by atoms with van der Waals surface area (Å²) in [4.78, 5) is 23.3. The first kappa shape index (κ1) is 17.2. The molecule has 0 bridgehead atoms. The summed E-state index contributed by atoms with van der Waals surface area (Å²) in [5.41, 5.74) is 1.60. The number of carbonyl (C=O) groups is 2. The third-order valence-electron chi connectivity index (χ3n) is 4.15. The molecule has 1 aliphatic carbocycles. The van der Waals surface area contributed by atoms with Crippen molar-refractivity contribution in [2.45, 2.75) is 44.4 Å². The molecule has 0 spiro atoms. The summed E-state index contributed by atoms with van der Waals surface area (Å²) in [7, 11) is 3.19. The minimum absolute atomic E-state index is 0.0925. The van der Waals surface area contributed by atoms with Gasteiger partial charge in [-0.3, -0.25) is 9.48 Å². The highest BCUT2D eigenvalue weighted by Gasteiger charge is 2.24. The van der Waals surface area contributed by atoms with Crippen LogP contribution in [-0.4, -0.2) is 35.3 Å². The predicted molar refractivity (Wildman–Crippen MR) is 87.1 cm³/mol. The summed E-state index contributed by atoms with van der Waals surface area (Å²) in [6.45, 7) is 0.478. The Bertz CT molecular complexity index is 572. The highest BCUT2D eigenvalue weighted by molar-refractivity contribution is 5.95. The maximum absolute atomic E-state index is 12.4. The predicted octanol–water partition coefficient (Wildman–Crippen LogP) is 2.32. The second kappa shape index (κ2) is 8.50. The number of methoxy groups -OCH3 is 1. The van der Waals surface area contributed by atoms with Crippen molar-refractivity contribution in [3.8, 4) is 0 Å². The lowest BCUT2D eigenvalue weighted by Gasteiger charge is -2.20. The van der Waals surface area contributed by atoms with E-state index >= 15 is 0 Å². The average Bonchev–Trinajstić information content (AvgIpc) is 2.97. The molecule has 1 N–H and O–H groups in total. The summed E-state index contributed by atoms with van der Waals surface area (Å²) in [5.74, 6) is -0.0850. The summed E-state index contributed by atoms with van der Waals surface area (Å²) < 4.78 is 6.23. The number of rotatable bonds is 6. The van der Waals surface area contributed by atoms with Gasteiger partial charge >= 0.3 is 5.97 Å². The van der Waals surface area contributed by atoms with Crippen molar-refractivity contribution in [2.24, 2.45) is 7.05 Å². The highest BCUT2D eigenvalue weighted by Crippen LogP contribution is 2.33. The molecule has 2 rings (SSSR count). The number of aryl methyl sites for hydroxylation is 1. The molecule has 0 aliphatic heterocycles. The van der Waals surface area contributed by atoms with Crippen molar-refractivity contribution in [3.63, 3.8) is 0 Å². The normalized spacial score (nSPS) is 15.7. The van der Waals surface area contributed by atoms with Crippen molar-refractivity contribution < 1.29 is 14.3 Å². The van der Waals surface area contributed by atoms with Gasteiger partial charge in [0.1, 0.15) is 0 Å². The van der Waals surface area contributed by atoms with Gasteiger partial charge in [-0.05, 0) is 19.3 Å². The van der Waals surface area contributed by atoms with Crippen LogP contribution in [0.4, 0.5) is 0 Å². The Labute approximate surface area is 136 Å². The van der Waals surface area contributed by atoms with Gasteiger partial charge in [0, 0.05) is 31.8 Å². The van der Waals surface area contributed by atoms with Gasteiger partial charge in [-0.1, -0.05) is 25.3 Å². The van der Waals surface area contributed by atoms with E-state index in [1.807, 2.05) is 7.05 Å². The van der Waals surface area contributed by atoms with Crippen molar-refractivity contribution in [1.29, 1.82) is 0 Å². The molecule has 1 saturated carbocycles. The Kier molecular flexibility index (Phi) is 6.38. The molecule has 1 fully saturated rings. The zero-order valence-corrected chi connectivity index (χ0v) is 13.9. The van der Waals surface area contributed by atoms with E-state index in [0.29, 0.717) is 24.4 Å². The van der Waals surface area contributed by atoms with Crippen LogP contribution in [0.5, 0.6) is 0 Å². The summed E-state index contributed by atoms with van der Waals surface area (Å²) in [5, 5.41) is 7.40. The van der Waals surface area contributed by atoms with Crippen LogP contribution in [0.3, 0.4) is 0 Å². The molecule has 1 aliphatic rings. The second-order valence-electron chi connectivity index (χ2n) is 5.91. The van der Waals surface area contributed by atoms with Gasteiger partial charge in [-0.25, -0.2) is 4.79 Å². The van der Waals surface area contributed by atoms with Gasteiger partial charge in [-0.15, -0.1) is 0 Å². The van der Waals surface area contributed by atoms with E-state index in [-0.39, 0.29) is 11.9 Å². The van der Waals surface area contributed by atoms with Gasteiger partial charge < -0.3 is 10.1 Å². The topological polar surface area (TPSA) is 73.2 Å². The number of nitrogens with one attached hydrogen (secondary N) is 1. The average molecular weight is 319 g/mol. The first-order valence-electron chi connectivity index (χ1n) is 8.18. The van der Waals surface area contributed by atoms with E-state index in [0.717, 1.165) is 18.5 Å².